The third-order valence-electron chi connectivity index (χ3n) is 3.02. The van der Waals surface area contributed by atoms with Crippen molar-refractivity contribution in [3.8, 4) is 0 Å². The predicted octanol–water partition coefficient (Wildman–Crippen LogP) is 3.07. The Morgan fingerprint density at radius 3 is 2.81 bits per heavy atom. The number of hydrogen-bond donors (Lipinski definition) is 1. The minimum atomic E-state index is -4.60. The van der Waals surface area contributed by atoms with Gasteiger partial charge < -0.3 is 9.88 Å². The molecule has 0 radical (unpaired) electrons. The number of nitrogens with one attached hydrogen (secondary N) is 1. The monoisotopic (exact) mass is 301 g/mol. The molecule has 2 aromatic heterocycles. The summed E-state index contributed by atoms with van der Waals surface area (Å²) >= 11 is 0. The molecule has 7 heteroatoms. The molecular formula is C14H18F3N3O. The van der Waals surface area contributed by atoms with Crippen LogP contribution in [0.1, 0.15) is 19.4 Å². The van der Waals surface area contributed by atoms with Crippen molar-refractivity contribution in [2.75, 3.05) is 6.61 Å². The molecule has 2 aromatic rings. The van der Waals surface area contributed by atoms with E-state index in [1.807, 2.05) is 32.2 Å². The summed E-state index contributed by atoms with van der Waals surface area (Å²) < 4.78 is 41.6. The zero-order valence-corrected chi connectivity index (χ0v) is 11.9. The summed E-state index contributed by atoms with van der Waals surface area (Å²) in [4.78, 5) is 4.24. The van der Waals surface area contributed by atoms with Crippen LogP contribution in [-0.4, -0.2) is 28.6 Å². The maximum atomic E-state index is 12.0. The summed E-state index contributed by atoms with van der Waals surface area (Å²) in [5, 5.41) is 4.24. The van der Waals surface area contributed by atoms with Gasteiger partial charge in [0.05, 0.1) is 6.61 Å². The molecule has 21 heavy (non-hydrogen) atoms. The molecule has 0 unspecified atom stereocenters. The Balaban J connectivity index is 2.15. The van der Waals surface area contributed by atoms with Crippen molar-refractivity contribution in [2.24, 2.45) is 0 Å². The van der Waals surface area contributed by atoms with E-state index in [4.69, 9.17) is 0 Å². The minimum Gasteiger partial charge on any atom is -0.330 e. The quantitative estimate of drug-likeness (QED) is 0.891. The van der Waals surface area contributed by atoms with Crippen molar-refractivity contribution < 1.29 is 17.9 Å². The molecule has 0 aliphatic carbocycles. The fraction of sp³-hybridized carbons (Fsp3) is 0.500. The second-order valence-electron chi connectivity index (χ2n) is 5.05. The molecule has 0 saturated heterocycles. The van der Waals surface area contributed by atoms with Crippen LogP contribution in [0.2, 0.25) is 0 Å². The molecule has 0 atom stereocenters. The molecule has 0 saturated carbocycles. The third-order valence-corrected chi connectivity index (χ3v) is 3.02. The van der Waals surface area contributed by atoms with Crippen LogP contribution in [-0.2, 0) is 17.8 Å². The molecule has 4 nitrogen and oxygen atoms in total. The van der Waals surface area contributed by atoms with Gasteiger partial charge in [-0.2, -0.15) is 0 Å². The first-order valence-corrected chi connectivity index (χ1v) is 6.73. The van der Waals surface area contributed by atoms with Gasteiger partial charge in [0.2, 0.25) is 0 Å². The zero-order chi connectivity index (χ0) is 15.5. The maximum Gasteiger partial charge on any atom is 0.522 e. The van der Waals surface area contributed by atoms with Crippen LogP contribution in [0, 0.1) is 0 Å². The molecule has 0 aliphatic heterocycles. The number of pyridine rings is 1. The number of halogens is 3. The predicted molar refractivity (Wildman–Crippen MR) is 73.7 cm³/mol. The van der Waals surface area contributed by atoms with E-state index in [1.54, 1.807) is 10.8 Å². The summed E-state index contributed by atoms with van der Waals surface area (Å²) in [6.45, 7) is 4.39. The van der Waals surface area contributed by atoms with Crippen LogP contribution in [0.3, 0.4) is 0 Å². The summed E-state index contributed by atoms with van der Waals surface area (Å²) in [6, 6.07) is 4.06. The highest BCUT2D eigenvalue weighted by Gasteiger charge is 2.28. The van der Waals surface area contributed by atoms with Crippen molar-refractivity contribution in [3.63, 3.8) is 0 Å². The van der Waals surface area contributed by atoms with Gasteiger partial charge in [-0.05, 0) is 17.7 Å². The average molecular weight is 301 g/mol. The molecule has 0 fully saturated rings. The van der Waals surface area contributed by atoms with E-state index in [-0.39, 0.29) is 6.54 Å². The molecule has 0 bridgehead atoms. The van der Waals surface area contributed by atoms with Gasteiger partial charge in [-0.3, -0.25) is 4.74 Å². The SMILES string of the molecule is CC(C)NCc1cn(CCOC(F)(F)F)c2ncccc12. The Morgan fingerprint density at radius 1 is 1.38 bits per heavy atom. The van der Waals surface area contributed by atoms with E-state index in [9.17, 15) is 13.2 Å². The van der Waals surface area contributed by atoms with Gasteiger partial charge >= 0.3 is 6.36 Å². The first-order valence-electron chi connectivity index (χ1n) is 6.73. The third kappa shape index (κ3) is 4.44. The lowest BCUT2D eigenvalue weighted by molar-refractivity contribution is -0.325. The highest BCUT2D eigenvalue weighted by atomic mass is 19.4. The molecule has 1 N–H and O–H groups in total. The second kappa shape index (κ2) is 6.44. The highest BCUT2D eigenvalue weighted by Crippen LogP contribution is 2.20. The van der Waals surface area contributed by atoms with Crippen molar-refractivity contribution in [1.82, 2.24) is 14.9 Å². The zero-order valence-electron chi connectivity index (χ0n) is 11.9. The van der Waals surface area contributed by atoms with E-state index < -0.39 is 13.0 Å². The molecule has 116 valence electrons. The minimum absolute atomic E-state index is 0.106. The number of fused-ring (bicyclic) bond motifs is 1. The van der Waals surface area contributed by atoms with E-state index in [0.717, 1.165) is 10.9 Å². The largest absolute Gasteiger partial charge is 0.522 e. The Hall–Kier alpha value is -1.60. The maximum absolute atomic E-state index is 12.0. The van der Waals surface area contributed by atoms with Crippen molar-refractivity contribution in [1.29, 1.82) is 0 Å². The normalized spacial score (nSPS) is 12.5. The molecule has 2 rings (SSSR count). The lowest BCUT2D eigenvalue weighted by atomic mass is 10.2. The lowest BCUT2D eigenvalue weighted by Gasteiger charge is -2.08. The van der Waals surface area contributed by atoms with Gasteiger partial charge in [0.25, 0.3) is 0 Å². The first-order chi connectivity index (χ1) is 9.87. The van der Waals surface area contributed by atoms with E-state index in [1.165, 1.54) is 0 Å². The van der Waals surface area contributed by atoms with Crippen LogP contribution < -0.4 is 5.32 Å². The Morgan fingerprint density at radius 2 is 2.14 bits per heavy atom. The Kier molecular flexibility index (Phi) is 4.84. The van der Waals surface area contributed by atoms with Gasteiger partial charge in [0, 0.05) is 36.9 Å². The first kappa shape index (κ1) is 15.8. The van der Waals surface area contributed by atoms with Gasteiger partial charge in [-0.1, -0.05) is 13.8 Å². The number of nitrogens with zero attached hydrogens (tertiary/aromatic N) is 2. The van der Waals surface area contributed by atoms with Gasteiger partial charge in [-0.25, -0.2) is 4.98 Å². The standard InChI is InChI=1S/C14H18F3N3O/c1-10(2)19-8-11-9-20(6-7-21-14(15,16)17)13-12(11)4-3-5-18-13/h3-5,9-10,19H,6-8H2,1-2H3. The molecule has 0 amide bonds. The number of hydrogen-bond acceptors (Lipinski definition) is 3. The topological polar surface area (TPSA) is 39.1 Å². The Bertz CT molecular complexity index is 593. The fourth-order valence-electron chi connectivity index (χ4n) is 2.08. The smallest absolute Gasteiger partial charge is 0.330 e. The van der Waals surface area contributed by atoms with Crippen molar-refractivity contribution in [3.05, 3.63) is 30.1 Å². The second-order valence-corrected chi connectivity index (χ2v) is 5.05. The van der Waals surface area contributed by atoms with Crippen molar-refractivity contribution >= 4 is 11.0 Å². The van der Waals surface area contributed by atoms with Crippen LogP contribution in [0.5, 0.6) is 0 Å². The highest BCUT2D eigenvalue weighted by molar-refractivity contribution is 5.80. The van der Waals surface area contributed by atoms with Gasteiger partial charge in [0.1, 0.15) is 5.65 Å². The summed E-state index contributed by atoms with van der Waals surface area (Å²) in [5.74, 6) is 0. The number of aromatic nitrogens is 2. The summed E-state index contributed by atoms with van der Waals surface area (Å²) in [7, 11) is 0. The average Bonchev–Trinajstić information content (AvgIpc) is 2.74. The van der Waals surface area contributed by atoms with E-state index in [2.05, 4.69) is 15.0 Å². The number of rotatable bonds is 6. The van der Waals surface area contributed by atoms with Crippen LogP contribution in [0.4, 0.5) is 13.2 Å². The van der Waals surface area contributed by atoms with Crippen LogP contribution >= 0.6 is 0 Å². The molecule has 0 aromatic carbocycles. The van der Waals surface area contributed by atoms with Crippen LogP contribution in [0.25, 0.3) is 11.0 Å². The summed E-state index contributed by atoms with van der Waals surface area (Å²) in [5.41, 5.74) is 1.68. The fourth-order valence-corrected chi connectivity index (χ4v) is 2.08. The summed E-state index contributed by atoms with van der Waals surface area (Å²) in [6.07, 6.45) is -1.14. The molecular weight excluding hydrogens is 283 g/mol. The Labute approximate surface area is 120 Å². The molecule has 0 spiro atoms. The number of ether oxygens (including phenoxy) is 1. The van der Waals surface area contributed by atoms with E-state index >= 15 is 0 Å². The van der Waals surface area contributed by atoms with E-state index in [0.29, 0.717) is 18.2 Å². The molecule has 2 heterocycles. The van der Waals surface area contributed by atoms with Crippen LogP contribution in [0.15, 0.2) is 24.5 Å². The van der Waals surface area contributed by atoms with Gasteiger partial charge in [-0.15, -0.1) is 13.2 Å². The van der Waals surface area contributed by atoms with Crippen molar-refractivity contribution in [2.45, 2.75) is 39.3 Å². The molecule has 0 aliphatic rings. The van der Waals surface area contributed by atoms with Gasteiger partial charge in [0.15, 0.2) is 0 Å². The lowest BCUT2D eigenvalue weighted by Crippen LogP contribution is -2.21. The number of alkyl halides is 3.